The van der Waals surface area contributed by atoms with Crippen molar-refractivity contribution in [1.82, 2.24) is 20.2 Å². The first kappa shape index (κ1) is 20.1. The highest BCUT2D eigenvalue weighted by Gasteiger charge is 2.13. The van der Waals surface area contributed by atoms with Gasteiger partial charge in [-0.1, -0.05) is 36.4 Å². The van der Waals surface area contributed by atoms with Gasteiger partial charge < -0.3 is 5.73 Å². The van der Waals surface area contributed by atoms with Crippen molar-refractivity contribution in [2.75, 3.05) is 5.12 Å². The maximum absolute atomic E-state index is 6.19. The molecule has 0 radical (unpaired) electrons. The van der Waals surface area contributed by atoms with Gasteiger partial charge in [-0.25, -0.2) is 5.84 Å². The molecule has 0 saturated heterocycles. The molecule has 0 unspecified atom stereocenters. The van der Waals surface area contributed by atoms with E-state index < -0.39 is 0 Å². The van der Waals surface area contributed by atoms with Crippen molar-refractivity contribution >= 4 is 34.2 Å². The van der Waals surface area contributed by atoms with Crippen LogP contribution in [-0.4, -0.2) is 26.0 Å². The summed E-state index contributed by atoms with van der Waals surface area (Å²) in [6.45, 7) is 0. The molecular formula is C22H18N8S2. The van der Waals surface area contributed by atoms with Crippen molar-refractivity contribution in [2.45, 2.75) is 0 Å². The van der Waals surface area contributed by atoms with Crippen molar-refractivity contribution in [1.29, 1.82) is 0 Å². The predicted octanol–water partition coefficient (Wildman–Crippen LogP) is 4.12. The number of thiophene rings is 2. The quantitative estimate of drug-likeness (QED) is 0.171. The molecular weight excluding hydrogens is 440 g/mol. The largest absolute Gasteiger partial charge is 0.381 e. The monoisotopic (exact) mass is 458 g/mol. The number of nitrogens with zero attached hydrogens (tertiary/aromatic N) is 6. The van der Waals surface area contributed by atoms with E-state index in [0.717, 1.165) is 30.9 Å². The van der Waals surface area contributed by atoms with Gasteiger partial charge in [0.15, 0.2) is 5.84 Å². The zero-order valence-corrected chi connectivity index (χ0v) is 18.4. The van der Waals surface area contributed by atoms with Crippen LogP contribution in [0.3, 0.4) is 0 Å². The molecule has 0 spiro atoms. The molecule has 0 aliphatic rings. The Morgan fingerprint density at radius 2 is 1.47 bits per heavy atom. The van der Waals surface area contributed by atoms with E-state index in [1.165, 1.54) is 9.91 Å². The Kier molecular flexibility index (Phi) is 5.46. The number of hydrazone groups is 1. The SMILES string of the molecule is N/C(=N\N(N)c1ccccc1)c1ccc(-c2ccc(-c3nnn(-c4ccccc4)n3)s2)s1. The minimum Gasteiger partial charge on any atom is -0.381 e. The van der Waals surface area contributed by atoms with Gasteiger partial charge in [-0.2, -0.15) is 5.12 Å². The molecule has 32 heavy (non-hydrogen) atoms. The zero-order chi connectivity index (χ0) is 21.9. The predicted molar refractivity (Wildman–Crippen MR) is 130 cm³/mol. The van der Waals surface area contributed by atoms with E-state index >= 15 is 0 Å². The molecule has 158 valence electrons. The lowest BCUT2D eigenvalue weighted by Gasteiger charge is -2.12. The summed E-state index contributed by atoms with van der Waals surface area (Å²) in [6.07, 6.45) is 0. The minimum atomic E-state index is 0.358. The van der Waals surface area contributed by atoms with Gasteiger partial charge in [-0.05, 0) is 53.7 Å². The van der Waals surface area contributed by atoms with Crippen molar-refractivity contribution < 1.29 is 0 Å². The van der Waals surface area contributed by atoms with Crippen LogP contribution >= 0.6 is 22.7 Å². The number of rotatable bonds is 6. The summed E-state index contributed by atoms with van der Waals surface area (Å²) in [6, 6.07) is 27.2. The Labute approximate surface area is 192 Å². The molecule has 10 heteroatoms. The average Bonchev–Trinajstić information content (AvgIpc) is 3.60. The second kappa shape index (κ2) is 8.71. The Morgan fingerprint density at radius 1 is 0.812 bits per heavy atom. The summed E-state index contributed by atoms with van der Waals surface area (Å²) in [5, 5.41) is 18.4. The third-order valence-electron chi connectivity index (χ3n) is 4.56. The summed E-state index contributed by atoms with van der Waals surface area (Å²) < 4.78 is 0. The lowest BCUT2D eigenvalue weighted by molar-refractivity contribution is 0.720. The first-order valence-electron chi connectivity index (χ1n) is 9.67. The molecule has 3 aromatic heterocycles. The molecule has 0 atom stereocenters. The lowest BCUT2D eigenvalue weighted by atomic mass is 10.3. The van der Waals surface area contributed by atoms with Gasteiger partial charge in [0.1, 0.15) is 0 Å². The van der Waals surface area contributed by atoms with Crippen LogP contribution in [-0.2, 0) is 0 Å². The molecule has 0 amide bonds. The standard InChI is InChI=1S/C22H18N8S2/c23-21(26-29(24)15-7-3-1-4-8-15)19-13-11-17(31-19)18-12-14-20(32-18)22-25-28-30(27-22)16-9-5-2-6-10-16/h1-14H,24H2,(H2,23,26). The minimum absolute atomic E-state index is 0.358. The molecule has 2 aromatic carbocycles. The Balaban J connectivity index is 1.34. The van der Waals surface area contributed by atoms with Gasteiger partial charge in [0.25, 0.3) is 0 Å². The Bertz CT molecular complexity index is 1350. The topological polar surface area (TPSA) is 111 Å². The fourth-order valence-corrected chi connectivity index (χ4v) is 4.91. The second-order valence-corrected chi connectivity index (χ2v) is 8.90. The van der Waals surface area contributed by atoms with Gasteiger partial charge in [0.05, 0.1) is 21.1 Å². The van der Waals surface area contributed by atoms with Crippen LogP contribution in [0.1, 0.15) is 4.88 Å². The highest BCUT2D eigenvalue weighted by molar-refractivity contribution is 7.24. The van der Waals surface area contributed by atoms with Crippen LogP contribution in [0.25, 0.3) is 26.1 Å². The molecule has 8 nitrogen and oxygen atoms in total. The van der Waals surface area contributed by atoms with E-state index in [1.807, 2.05) is 84.9 Å². The molecule has 3 heterocycles. The van der Waals surface area contributed by atoms with E-state index in [9.17, 15) is 0 Å². The van der Waals surface area contributed by atoms with Gasteiger partial charge in [-0.3, -0.25) is 0 Å². The van der Waals surface area contributed by atoms with Gasteiger partial charge in [0, 0.05) is 9.75 Å². The van der Waals surface area contributed by atoms with Crippen molar-refractivity contribution in [2.24, 2.45) is 16.7 Å². The number of nitrogens with two attached hydrogens (primary N) is 2. The summed E-state index contributed by atoms with van der Waals surface area (Å²) in [5.74, 6) is 6.96. The first-order chi connectivity index (χ1) is 15.7. The summed E-state index contributed by atoms with van der Waals surface area (Å²) in [5.41, 5.74) is 7.81. The average molecular weight is 459 g/mol. The summed E-state index contributed by atoms with van der Waals surface area (Å²) >= 11 is 3.15. The fourth-order valence-electron chi connectivity index (χ4n) is 2.99. The van der Waals surface area contributed by atoms with Gasteiger partial charge >= 0.3 is 0 Å². The highest BCUT2D eigenvalue weighted by Crippen LogP contribution is 2.36. The smallest absolute Gasteiger partial charge is 0.215 e. The molecule has 0 aliphatic carbocycles. The number of anilines is 1. The highest BCUT2D eigenvalue weighted by atomic mass is 32.1. The number of aromatic nitrogens is 4. The van der Waals surface area contributed by atoms with Crippen LogP contribution in [0, 0.1) is 0 Å². The number of para-hydroxylation sites is 2. The van der Waals surface area contributed by atoms with E-state index in [0.29, 0.717) is 11.7 Å². The van der Waals surface area contributed by atoms with Gasteiger partial charge in [0.2, 0.25) is 5.82 Å². The number of hydrazine groups is 1. The van der Waals surface area contributed by atoms with E-state index in [-0.39, 0.29) is 0 Å². The third-order valence-corrected chi connectivity index (χ3v) is 6.95. The lowest BCUT2D eigenvalue weighted by Crippen LogP contribution is -2.28. The second-order valence-electron chi connectivity index (χ2n) is 6.73. The number of benzene rings is 2. The van der Waals surface area contributed by atoms with Crippen LogP contribution in [0.4, 0.5) is 5.69 Å². The molecule has 0 saturated carbocycles. The van der Waals surface area contributed by atoms with Crippen molar-refractivity contribution in [3.8, 4) is 26.1 Å². The molecule has 5 aromatic rings. The van der Waals surface area contributed by atoms with Crippen LogP contribution < -0.4 is 16.7 Å². The van der Waals surface area contributed by atoms with Crippen molar-refractivity contribution in [3.05, 3.63) is 89.8 Å². The van der Waals surface area contributed by atoms with E-state index in [4.69, 9.17) is 11.6 Å². The Morgan fingerprint density at radius 3 is 2.25 bits per heavy atom. The number of amidine groups is 1. The molecule has 0 bridgehead atoms. The summed E-state index contributed by atoms with van der Waals surface area (Å²) in [7, 11) is 0. The third kappa shape index (κ3) is 4.14. The fraction of sp³-hybridized carbons (Fsp3) is 0. The van der Waals surface area contributed by atoms with Crippen molar-refractivity contribution in [3.63, 3.8) is 0 Å². The normalized spacial score (nSPS) is 11.6. The number of tetrazole rings is 1. The Hall–Kier alpha value is -3.86. The zero-order valence-electron chi connectivity index (χ0n) is 16.7. The molecule has 4 N–H and O–H groups in total. The van der Waals surface area contributed by atoms with E-state index in [1.54, 1.807) is 22.7 Å². The maximum Gasteiger partial charge on any atom is 0.215 e. The van der Waals surface area contributed by atoms with Crippen LogP contribution in [0.2, 0.25) is 0 Å². The summed E-state index contributed by atoms with van der Waals surface area (Å²) in [4.78, 5) is 5.48. The van der Waals surface area contributed by atoms with E-state index in [2.05, 4.69) is 20.5 Å². The number of hydrogen-bond acceptors (Lipinski definition) is 8. The van der Waals surface area contributed by atoms with Crippen LogP contribution in [0.15, 0.2) is 90.0 Å². The van der Waals surface area contributed by atoms with Gasteiger partial charge in [-0.15, -0.1) is 42.8 Å². The number of hydrogen-bond donors (Lipinski definition) is 2. The van der Waals surface area contributed by atoms with Crippen LogP contribution in [0.5, 0.6) is 0 Å². The molecule has 5 rings (SSSR count). The molecule has 0 fully saturated rings. The molecule has 0 aliphatic heterocycles. The first-order valence-corrected chi connectivity index (χ1v) is 11.3. The maximum atomic E-state index is 6.19.